The molecule has 0 spiro atoms. The molecule has 3 rings (SSSR count). The topological polar surface area (TPSA) is 67.4 Å². The van der Waals surface area contributed by atoms with Gasteiger partial charge in [-0.1, -0.05) is 39.0 Å². The number of carbonyl (C=O) groups is 2. The van der Waals surface area contributed by atoms with Crippen LogP contribution in [0.25, 0.3) is 0 Å². The molecular weight excluding hydrogens is 432 g/mol. The maximum Gasteiger partial charge on any atom is 0.237 e. The third-order valence-electron chi connectivity index (χ3n) is 4.61. The summed E-state index contributed by atoms with van der Waals surface area (Å²) in [7, 11) is 0. The first-order chi connectivity index (χ1) is 15.7. The van der Waals surface area contributed by atoms with Crippen LogP contribution in [0.5, 0.6) is 11.5 Å². The summed E-state index contributed by atoms with van der Waals surface area (Å²) in [6, 6.07) is 24.4. The highest BCUT2D eigenvalue weighted by molar-refractivity contribution is 8.00. The third-order valence-corrected chi connectivity index (χ3v) is 5.72. The Balaban J connectivity index is 1.49. The van der Waals surface area contributed by atoms with Gasteiger partial charge in [0.1, 0.15) is 11.5 Å². The van der Waals surface area contributed by atoms with E-state index in [0.29, 0.717) is 17.9 Å². The van der Waals surface area contributed by atoms with Crippen molar-refractivity contribution in [3.63, 3.8) is 0 Å². The maximum absolute atomic E-state index is 12.6. The Morgan fingerprint density at radius 1 is 0.818 bits per heavy atom. The summed E-state index contributed by atoms with van der Waals surface area (Å²) in [5.41, 5.74) is 1.41. The maximum atomic E-state index is 12.6. The van der Waals surface area contributed by atoms with Gasteiger partial charge < -0.3 is 15.4 Å². The number of amides is 2. The van der Waals surface area contributed by atoms with Crippen molar-refractivity contribution < 1.29 is 14.3 Å². The molecule has 0 heterocycles. The smallest absolute Gasteiger partial charge is 0.237 e. The Labute approximate surface area is 199 Å². The van der Waals surface area contributed by atoms with E-state index in [4.69, 9.17) is 4.74 Å². The molecule has 0 radical (unpaired) electrons. The van der Waals surface area contributed by atoms with Crippen LogP contribution in [0.2, 0.25) is 0 Å². The highest BCUT2D eigenvalue weighted by atomic mass is 32.2. The van der Waals surface area contributed by atoms with Crippen molar-refractivity contribution in [2.75, 3.05) is 10.6 Å². The van der Waals surface area contributed by atoms with Crippen molar-refractivity contribution in [1.29, 1.82) is 0 Å². The van der Waals surface area contributed by atoms with E-state index in [2.05, 4.69) is 10.6 Å². The van der Waals surface area contributed by atoms with Crippen molar-refractivity contribution in [3.05, 3.63) is 78.9 Å². The molecule has 3 aromatic carbocycles. The molecule has 33 heavy (non-hydrogen) atoms. The Morgan fingerprint density at radius 2 is 1.36 bits per heavy atom. The number of hydrogen-bond acceptors (Lipinski definition) is 4. The van der Waals surface area contributed by atoms with E-state index in [1.165, 1.54) is 11.8 Å². The van der Waals surface area contributed by atoms with Crippen LogP contribution < -0.4 is 15.4 Å². The summed E-state index contributed by atoms with van der Waals surface area (Å²) in [4.78, 5) is 25.7. The fourth-order valence-corrected chi connectivity index (χ4v) is 3.90. The summed E-state index contributed by atoms with van der Waals surface area (Å²) in [5.74, 6) is 1.38. The monoisotopic (exact) mass is 462 g/mol. The molecule has 0 aliphatic carbocycles. The molecule has 0 aliphatic heterocycles. The predicted octanol–water partition coefficient (Wildman–Crippen LogP) is 6.97. The number of para-hydroxylation sites is 1. The number of rotatable bonds is 8. The van der Waals surface area contributed by atoms with Gasteiger partial charge in [0.15, 0.2) is 0 Å². The second kappa shape index (κ2) is 11.1. The van der Waals surface area contributed by atoms with Crippen LogP contribution in [-0.4, -0.2) is 17.1 Å². The minimum Gasteiger partial charge on any atom is -0.457 e. The average Bonchev–Trinajstić information content (AvgIpc) is 2.76. The molecule has 2 N–H and O–H groups in total. The Morgan fingerprint density at radius 3 is 1.97 bits per heavy atom. The Bertz CT molecular complexity index is 1060. The number of nitrogens with one attached hydrogen (secondary N) is 2. The predicted molar refractivity (Wildman–Crippen MR) is 136 cm³/mol. The largest absolute Gasteiger partial charge is 0.457 e. The molecule has 0 fully saturated rings. The number of thioether (sulfide) groups is 1. The fraction of sp³-hybridized carbons (Fsp3) is 0.259. The van der Waals surface area contributed by atoms with E-state index in [1.54, 1.807) is 0 Å². The molecular formula is C27H30N2O3S. The lowest BCUT2D eigenvalue weighted by atomic mass is 9.92. The van der Waals surface area contributed by atoms with Gasteiger partial charge >= 0.3 is 0 Å². The first-order valence-corrected chi connectivity index (χ1v) is 11.8. The first-order valence-electron chi connectivity index (χ1n) is 10.9. The van der Waals surface area contributed by atoms with Crippen molar-refractivity contribution >= 4 is 35.0 Å². The molecule has 1 unspecified atom stereocenters. The van der Waals surface area contributed by atoms with Crippen molar-refractivity contribution in [3.8, 4) is 11.5 Å². The van der Waals surface area contributed by atoms with Gasteiger partial charge in [0.05, 0.1) is 5.25 Å². The van der Waals surface area contributed by atoms with Crippen LogP contribution >= 0.6 is 11.8 Å². The van der Waals surface area contributed by atoms with Crippen LogP contribution in [0, 0.1) is 5.41 Å². The number of anilines is 2. The van der Waals surface area contributed by atoms with Crippen molar-refractivity contribution in [2.45, 2.75) is 44.3 Å². The minimum atomic E-state index is -0.286. The number of ether oxygens (including phenoxy) is 1. The number of hydrogen-bond donors (Lipinski definition) is 2. The molecule has 0 aromatic heterocycles. The van der Waals surface area contributed by atoms with Gasteiger partial charge in [-0.2, -0.15) is 0 Å². The van der Waals surface area contributed by atoms with E-state index >= 15 is 0 Å². The molecule has 0 saturated carbocycles. The second-order valence-corrected chi connectivity index (χ2v) is 10.4. The van der Waals surface area contributed by atoms with E-state index in [0.717, 1.165) is 16.3 Å². The summed E-state index contributed by atoms with van der Waals surface area (Å²) in [6.45, 7) is 7.97. The van der Waals surface area contributed by atoms with Gasteiger partial charge in [-0.15, -0.1) is 11.8 Å². The highest BCUT2D eigenvalue weighted by Gasteiger charge is 2.17. The fourth-order valence-electron chi connectivity index (χ4n) is 3.04. The van der Waals surface area contributed by atoms with Gasteiger partial charge in [-0.3, -0.25) is 9.59 Å². The molecule has 172 valence electrons. The molecule has 5 nitrogen and oxygen atoms in total. The van der Waals surface area contributed by atoms with E-state index in [1.807, 2.05) is 107 Å². The lowest BCUT2D eigenvalue weighted by molar-refractivity contribution is -0.118. The van der Waals surface area contributed by atoms with E-state index in [-0.39, 0.29) is 22.5 Å². The van der Waals surface area contributed by atoms with Crippen LogP contribution in [0.3, 0.4) is 0 Å². The standard InChI is InChI=1S/C27H30N2O3S/c1-19(33-24-16-12-20(13-17-24)28-25(30)18-27(2,3)4)26(31)29-21-10-14-23(15-11-21)32-22-8-6-5-7-9-22/h5-17,19H,18H2,1-4H3,(H,28,30)(H,29,31). The van der Waals surface area contributed by atoms with Crippen LogP contribution in [0.1, 0.15) is 34.1 Å². The van der Waals surface area contributed by atoms with Gasteiger partial charge in [-0.25, -0.2) is 0 Å². The average molecular weight is 463 g/mol. The first kappa shape index (κ1) is 24.4. The summed E-state index contributed by atoms with van der Waals surface area (Å²) < 4.78 is 5.78. The van der Waals surface area contributed by atoms with Crippen molar-refractivity contribution in [1.82, 2.24) is 0 Å². The highest BCUT2D eigenvalue weighted by Crippen LogP contribution is 2.27. The molecule has 2 amide bonds. The molecule has 0 bridgehead atoms. The number of carbonyl (C=O) groups excluding carboxylic acids is 2. The van der Waals surface area contributed by atoms with Gasteiger partial charge in [0, 0.05) is 22.7 Å². The molecule has 1 atom stereocenters. The Kier molecular flexibility index (Phi) is 8.17. The lowest BCUT2D eigenvalue weighted by Crippen LogP contribution is -2.22. The molecule has 6 heteroatoms. The number of benzene rings is 3. The quantitative estimate of drug-likeness (QED) is 0.355. The zero-order chi connectivity index (χ0) is 23.8. The van der Waals surface area contributed by atoms with Gasteiger partial charge in [0.25, 0.3) is 0 Å². The van der Waals surface area contributed by atoms with E-state index < -0.39 is 0 Å². The van der Waals surface area contributed by atoms with Crippen molar-refractivity contribution in [2.24, 2.45) is 5.41 Å². The second-order valence-electron chi connectivity index (χ2n) is 9.00. The SMILES string of the molecule is CC(Sc1ccc(NC(=O)CC(C)(C)C)cc1)C(=O)Nc1ccc(Oc2ccccc2)cc1. The summed E-state index contributed by atoms with van der Waals surface area (Å²) in [5, 5.41) is 5.57. The van der Waals surface area contributed by atoms with Gasteiger partial charge in [0.2, 0.25) is 11.8 Å². The van der Waals surface area contributed by atoms with Gasteiger partial charge in [-0.05, 0) is 73.0 Å². The van der Waals surface area contributed by atoms with Crippen LogP contribution in [0.4, 0.5) is 11.4 Å². The normalized spacial score (nSPS) is 12.0. The molecule has 0 saturated heterocycles. The zero-order valence-corrected chi connectivity index (χ0v) is 20.2. The lowest BCUT2D eigenvalue weighted by Gasteiger charge is -2.17. The summed E-state index contributed by atoms with van der Waals surface area (Å²) in [6.07, 6.45) is 0.458. The van der Waals surface area contributed by atoms with Crippen LogP contribution in [0.15, 0.2) is 83.8 Å². The molecule has 3 aromatic rings. The van der Waals surface area contributed by atoms with Crippen LogP contribution in [-0.2, 0) is 9.59 Å². The van der Waals surface area contributed by atoms with E-state index in [9.17, 15) is 9.59 Å². The summed E-state index contributed by atoms with van der Waals surface area (Å²) >= 11 is 1.46. The Hall–Kier alpha value is -3.25. The zero-order valence-electron chi connectivity index (χ0n) is 19.4. The minimum absolute atomic E-state index is 0.00386. The molecule has 0 aliphatic rings. The third kappa shape index (κ3) is 8.31.